The fourth-order valence-corrected chi connectivity index (χ4v) is 17.9. The summed E-state index contributed by atoms with van der Waals surface area (Å²) in [5.74, 6) is 3.43. The Morgan fingerprint density at radius 2 is 0.479 bits per heavy atom. The largest absolute Gasteiger partial charge is 0.311 e. The van der Waals surface area contributed by atoms with Gasteiger partial charge in [0.15, 0.2) is 0 Å². The van der Waals surface area contributed by atoms with Crippen LogP contribution in [0.4, 0.5) is 17.1 Å². The normalized spacial score (nSPS) is 11.7. The van der Waals surface area contributed by atoms with Crippen molar-refractivity contribution in [2.75, 3.05) is 4.90 Å². The van der Waals surface area contributed by atoms with Gasteiger partial charge in [0.2, 0.25) is 0 Å². The number of fused-ring (bicyclic) bond motifs is 8. The Balaban J connectivity index is 0.594. The Bertz CT molecular complexity index is 7720. The van der Waals surface area contributed by atoms with Gasteiger partial charge >= 0.3 is 0 Å². The molecule has 0 unspecified atom stereocenters. The quantitative estimate of drug-likeness (QED) is 0.0956. The first-order chi connectivity index (χ1) is 59.0. The SMILES string of the molecule is c1ccc(-n2c(-c3ccc(N(c4ccc(-c5nc6ccccc6n5-c5ccccc5)cc4)c4ccc(-c5nc6ccccc6n5-c5cccc(-c6ccc7c(c6)nc(-c6ccc(-c8ccc9c(-c%10ccc%11ccccc%11c%10)c%10ccccc%10c(-c%10ccc%11ccccc%11c%10)c9c8)cc6)n7-c6ccccc6)c5)cc4)cc3)nc3ccccc32)cc1. The van der Waals surface area contributed by atoms with Crippen molar-refractivity contribution in [2.45, 2.75) is 0 Å². The summed E-state index contributed by atoms with van der Waals surface area (Å²) in [6.07, 6.45) is 0. The average molecular weight is 1520 g/mol. The topological polar surface area (TPSA) is 74.5 Å². The summed E-state index contributed by atoms with van der Waals surface area (Å²) >= 11 is 0. The van der Waals surface area contributed by atoms with Crippen LogP contribution >= 0.6 is 0 Å². The van der Waals surface area contributed by atoms with Gasteiger partial charge in [0.25, 0.3) is 0 Å². The molecular weight excluding hydrogens is 1450 g/mol. The first-order valence-electron chi connectivity index (χ1n) is 40.4. The molecule has 0 aliphatic carbocycles. The van der Waals surface area contributed by atoms with E-state index in [0.29, 0.717) is 0 Å². The van der Waals surface area contributed by atoms with Crippen molar-refractivity contribution in [1.29, 1.82) is 0 Å². The van der Waals surface area contributed by atoms with Gasteiger partial charge in [-0.2, -0.15) is 0 Å². The van der Waals surface area contributed by atoms with Crippen LogP contribution in [-0.2, 0) is 0 Å². The van der Waals surface area contributed by atoms with Gasteiger partial charge in [-0.1, -0.05) is 243 Å². The minimum absolute atomic E-state index is 0.830. The second kappa shape index (κ2) is 28.5. The molecule has 119 heavy (non-hydrogen) atoms. The van der Waals surface area contributed by atoms with E-state index in [4.69, 9.17) is 19.9 Å². The number of aromatic nitrogens is 8. The third-order valence-corrected chi connectivity index (χ3v) is 23.5. The van der Waals surface area contributed by atoms with E-state index in [1.165, 1.54) is 65.3 Å². The van der Waals surface area contributed by atoms with E-state index in [0.717, 1.165) is 152 Å². The summed E-state index contributed by atoms with van der Waals surface area (Å²) in [5, 5.41) is 9.77. The van der Waals surface area contributed by atoms with E-state index in [9.17, 15) is 0 Å². The summed E-state index contributed by atoms with van der Waals surface area (Å²) < 4.78 is 9.10. The highest BCUT2D eigenvalue weighted by atomic mass is 15.2. The lowest BCUT2D eigenvalue weighted by Crippen LogP contribution is -2.10. The molecule has 4 heterocycles. The Labute approximate surface area is 686 Å². The molecule has 9 heteroatoms. The summed E-state index contributed by atoms with van der Waals surface area (Å²) in [5.41, 5.74) is 28.1. The van der Waals surface area contributed by atoms with E-state index in [-0.39, 0.29) is 0 Å². The maximum atomic E-state index is 5.58. The van der Waals surface area contributed by atoms with Crippen molar-refractivity contribution < 1.29 is 0 Å². The second-order valence-corrected chi connectivity index (χ2v) is 30.5. The Kier molecular flexibility index (Phi) is 16.4. The lowest BCUT2D eigenvalue weighted by Gasteiger charge is -2.26. The molecule has 0 spiro atoms. The molecule has 0 amide bonds. The van der Waals surface area contributed by atoms with Gasteiger partial charge in [-0.05, 0) is 276 Å². The number of hydrogen-bond acceptors (Lipinski definition) is 5. The van der Waals surface area contributed by atoms with Crippen molar-refractivity contribution in [3.05, 3.63) is 431 Å². The highest BCUT2D eigenvalue weighted by Crippen LogP contribution is 2.48. The lowest BCUT2D eigenvalue weighted by atomic mass is 9.84. The van der Waals surface area contributed by atoms with E-state index in [1.807, 2.05) is 12.1 Å². The molecule has 9 nitrogen and oxygen atoms in total. The third-order valence-electron chi connectivity index (χ3n) is 23.5. The minimum atomic E-state index is 0.830. The van der Waals surface area contributed by atoms with E-state index in [1.54, 1.807) is 0 Å². The Morgan fingerprint density at radius 1 is 0.168 bits per heavy atom. The number of imidazole rings is 4. The molecule has 0 saturated heterocycles. The monoisotopic (exact) mass is 1520 g/mol. The predicted octanol–water partition coefficient (Wildman–Crippen LogP) is 28.5. The number of benzene rings is 19. The molecule has 23 rings (SSSR count). The van der Waals surface area contributed by atoms with Crippen LogP contribution in [-0.4, -0.2) is 38.2 Å². The minimum Gasteiger partial charge on any atom is -0.311 e. The predicted molar refractivity (Wildman–Crippen MR) is 493 cm³/mol. The number of anilines is 3. The van der Waals surface area contributed by atoms with Crippen LogP contribution in [0.15, 0.2) is 431 Å². The molecule has 0 aliphatic heterocycles. The molecule has 0 bridgehead atoms. The van der Waals surface area contributed by atoms with Gasteiger partial charge in [0, 0.05) is 62.1 Å². The van der Waals surface area contributed by atoms with Crippen LogP contribution < -0.4 is 4.90 Å². The number of rotatable bonds is 15. The number of para-hydroxylation sites is 9. The molecule has 0 radical (unpaired) electrons. The Morgan fingerprint density at radius 3 is 0.941 bits per heavy atom. The lowest BCUT2D eigenvalue weighted by molar-refractivity contribution is 1.10. The van der Waals surface area contributed by atoms with Crippen molar-refractivity contribution in [1.82, 2.24) is 38.2 Å². The molecule has 0 saturated carbocycles. The molecule has 0 atom stereocenters. The van der Waals surface area contributed by atoms with E-state index < -0.39 is 0 Å². The van der Waals surface area contributed by atoms with Crippen LogP contribution in [0.5, 0.6) is 0 Å². The first kappa shape index (κ1) is 68.5. The number of hydrogen-bond donors (Lipinski definition) is 0. The van der Waals surface area contributed by atoms with Crippen LogP contribution in [0.3, 0.4) is 0 Å². The van der Waals surface area contributed by atoms with Crippen molar-refractivity contribution >= 4 is 104 Å². The highest BCUT2D eigenvalue weighted by molar-refractivity contribution is 6.23. The highest BCUT2D eigenvalue weighted by Gasteiger charge is 2.25. The van der Waals surface area contributed by atoms with Crippen molar-refractivity contribution in [3.8, 4) is 113 Å². The standard InChI is InChI=1S/C110H71N9/c1-4-28-86(29-5-1)116-101-40-19-16-37-97(101)111-107(116)76-51-59-89(60-52-76)115(90-61-53-77(54-62-90)108-112-98-38-17-20-41-102(98)117(108)87-30-6-2-7-31-87)91-63-55-78(56-64-91)109-113-99-39-18-21-42-103(99)119(109)92-34-22-27-81(69-92)83-58-66-104-100(71-83)114-110(118(104)88-32-8-3-9-33-88)75-47-43-74(44-48-75)82-57-65-95-96(70-82)106(85-50-46-73-24-11-13-26-80(73)68-85)94-36-15-14-35-93(94)105(95)84-49-45-72-23-10-12-25-79(72)67-84/h1-71H. The van der Waals surface area contributed by atoms with Crippen LogP contribution in [0.1, 0.15) is 0 Å². The van der Waals surface area contributed by atoms with Crippen LogP contribution in [0, 0.1) is 0 Å². The molecule has 23 aromatic rings. The number of nitrogens with zero attached hydrogens (tertiary/aromatic N) is 9. The van der Waals surface area contributed by atoms with Crippen LogP contribution in [0.25, 0.3) is 200 Å². The average Bonchev–Trinajstić information content (AvgIpc) is 1.72. The van der Waals surface area contributed by atoms with Gasteiger partial charge in [0.1, 0.15) is 23.3 Å². The maximum absolute atomic E-state index is 5.58. The second-order valence-electron chi connectivity index (χ2n) is 30.5. The fourth-order valence-electron chi connectivity index (χ4n) is 17.9. The molecule has 0 aliphatic rings. The molecule has 0 fully saturated rings. The van der Waals surface area contributed by atoms with E-state index >= 15 is 0 Å². The van der Waals surface area contributed by atoms with Gasteiger partial charge < -0.3 is 4.90 Å². The smallest absolute Gasteiger partial charge is 0.145 e. The van der Waals surface area contributed by atoms with Gasteiger partial charge in [-0.25, -0.2) is 19.9 Å². The van der Waals surface area contributed by atoms with Crippen LogP contribution in [0.2, 0.25) is 0 Å². The van der Waals surface area contributed by atoms with Crippen molar-refractivity contribution in [3.63, 3.8) is 0 Å². The zero-order valence-corrected chi connectivity index (χ0v) is 64.5. The molecule has 0 N–H and O–H groups in total. The molecule has 4 aromatic heterocycles. The van der Waals surface area contributed by atoms with Gasteiger partial charge in [0.05, 0.1) is 44.1 Å². The van der Waals surface area contributed by atoms with E-state index in [2.05, 4.69) is 442 Å². The molecular formula is C110H71N9. The van der Waals surface area contributed by atoms with Gasteiger partial charge in [-0.3, -0.25) is 18.3 Å². The molecule has 19 aromatic carbocycles. The summed E-state index contributed by atoms with van der Waals surface area (Å²) in [6.45, 7) is 0. The fraction of sp³-hybridized carbons (Fsp3) is 0. The first-order valence-corrected chi connectivity index (χ1v) is 40.4. The molecule has 556 valence electrons. The summed E-state index contributed by atoms with van der Waals surface area (Å²) in [7, 11) is 0. The summed E-state index contributed by atoms with van der Waals surface area (Å²) in [6, 6.07) is 155. The zero-order valence-electron chi connectivity index (χ0n) is 64.5. The Hall–Kier alpha value is -16.1. The maximum Gasteiger partial charge on any atom is 0.145 e. The van der Waals surface area contributed by atoms with Gasteiger partial charge in [-0.15, -0.1) is 0 Å². The van der Waals surface area contributed by atoms with Crippen molar-refractivity contribution in [2.24, 2.45) is 0 Å². The zero-order chi connectivity index (χ0) is 78.4. The third kappa shape index (κ3) is 11.9. The summed E-state index contributed by atoms with van der Waals surface area (Å²) in [4.78, 5) is 23.8.